The van der Waals surface area contributed by atoms with Crippen LogP contribution in [0.5, 0.6) is 0 Å². The van der Waals surface area contributed by atoms with Crippen molar-refractivity contribution in [3.8, 4) is 0 Å². The summed E-state index contributed by atoms with van der Waals surface area (Å²) in [5.74, 6) is 1.36. The summed E-state index contributed by atoms with van der Waals surface area (Å²) < 4.78 is 0. The van der Waals surface area contributed by atoms with Crippen molar-refractivity contribution in [3.05, 3.63) is 29.8 Å². The van der Waals surface area contributed by atoms with Crippen molar-refractivity contribution < 1.29 is 4.79 Å². The molecule has 1 atom stereocenters. The van der Waals surface area contributed by atoms with Crippen molar-refractivity contribution in [2.24, 2.45) is 0 Å². The fourth-order valence-corrected chi connectivity index (χ4v) is 4.39. The van der Waals surface area contributed by atoms with E-state index >= 15 is 0 Å². The highest BCUT2D eigenvalue weighted by Crippen LogP contribution is 2.38. The molecule has 0 aliphatic carbocycles. The predicted octanol–water partition coefficient (Wildman–Crippen LogP) is 4.69. The van der Waals surface area contributed by atoms with E-state index in [9.17, 15) is 4.79 Å². The lowest BCUT2D eigenvalue weighted by Gasteiger charge is -2.26. The summed E-state index contributed by atoms with van der Waals surface area (Å²) in [6.45, 7) is 9.47. The highest BCUT2D eigenvalue weighted by atomic mass is 32.2. The summed E-state index contributed by atoms with van der Waals surface area (Å²) in [4.78, 5) is 16.9. The number of hydrogen-bond acceptors (Lipinski definition) is 3. The Morgan fingerprint density at radius 1 is 1.17 bits per heavy atom. The molecule has 1 aromatic carbocycles. The van der Waals surface area contributed by atoms with Gasteiger partial charge >= 0.3 is 0 Å². The Morgan fingerprint density at radius 2 is 1.87 bits per heavy atom. The van der Waals surface area contributed by atoms with Gasteiger partial charge in [0, 0.05) is 37.5 Å². The van der Waals surface area contributed by atoms with Gasteiger partial charge in [-0.1, -0.05) is 31.9 Å². The molecule has 128 valence electrons. The van der Waals surface area contributed by atoms with Gasteiger partial charge in [-0.3, -0.25) is 4.79 Å². The molecular weight excluding hydrogens is 304 g/mol. The lowest BCUT2D eigenvalue weighted by atomic mass is 10.1. The maximum atomic E-state index is 12.5. The molecular formula is C19H30N2OS. The first-order chi connectivity index (χ1) is 11.2. The molecule has 23 heavy (non-hydrogen) atoms. The van der Waals surface area contributed by atoms with Crippen molar-refractivity contribution in [2.45, 2.75) is 51.8 Å². The molecule has 0 N–H and O–H groups in total. The van der Waals surface area contributed by atoms with E-state index in [1.165, 1.54) is 11.3 Å². The quantitative estimate of drug-likeness (QED) is 0.645. The smallest absolute Gasteiger partial charge is 0.223 e. The number of rotatable bonds is 8. The van der Waals surface area contributed by atoms with Crippen LogP contribution in [0.2, 0.25) is 0 Å². The summed E-state index contributed by atoms with van der Waals surface area (Å²) in [5, 5.41) is 0.204. The van der Waals surface area contributed by atoms with E-state index in [-0.39, 0.29) is 5.37 Å². The van der Waals surface area contributed by atoms with E-state index in [4.69, 9.17) is 0 Å². The zero-order valence-electron chi connectivity index (χ0n) is 14.8. The molecule has 1 aliphatic rings. The first-order valence-electron chi connectivity index (χ1n) is 8.97. The number of hydrogen-bond donors (Lipinski definition) is 0. The van der Waals surface area contributed by atoms with Crippen LogP contribution in [0, 0.1) is 0 Å². The van der Waals surface area contributed by atoms with Gasteiger partial charge in [0.05, 0.1) is 0 Å². The summed E-state index contributed by atoms with van der Waals surface area (Å²) in [5.41, 5.74) is 2.52. The van der Waals surface area contributed by atoms with E-state index in [1.807, 2.05) is 11.8 Å². The van der Waals surface area contributed by atoms with Gasteiger partial charge in [0.15, 0.2) is 0 Å². The van der Waals surface area contributed by atoms with Crippen LogP contribution < -0.4 is 4.90 Å². The Kier molecular flexibility index (Phi) is 7.28. The van der Waals surface area contributed by atoms with Gasteiger partial charge < -0.3 is 9.80 Å². The summed E-state index contributed by atoms with van der Waals surface area (Å²) in [6.07, 6.45) is 4.03. The fourth-order valence-electron chi connectivity index (χ4n) is 3.11. The fraction of sp³-hybridized carbons (Fsp3) is 0.632. The van der Waals surface area contributed by atoms with Crippen molar-refractivity contribution >= 4 is 23.4 Å². The summed E-state index contributed by atoms with van der Waals surface area (Å²) in [7, 11) is 0. The first kappa shape index (κ1) is 18.2. The number of anilines is 1. The third-order valence-corrected chi connectivity index (χ3v) is 5.77. The molecule has 1 saturated heterocycles. The minimum Gasteiger partial charge on any atom is -0.372 e. The van der Waals surface area contributed by atoms with Gasteiger partial charge in [-0.2, -0.15) is 0 Å². The second-order valence-electron chi connectivity index (χ2n) is 6.03. The molecule has 0 radical (unpaired) electrons. The molecule has 0 unspecified atom stereocenters. The third-order valence-electron chi connectivity index (χ3n) is 4.51. The number of carbonyl (C=O) groups is 1. The largest absolute Gasteiger partial charge is 0.372 e. The van der Waals surface area contributed by atoms with E-state index in [0.29, 0.717) is 12.3 Å². The van der Waals surface area contributed by atoms with Crippen LogP contribution in [0.3, 0.4) is 0 Å². The standard InChI is InChI=1S/C19H30N2OS/c1-4-7-8-9-18(22)21-14-15-23-19(21)16-10-12-17(13-11-16)20(5-2)6-3/h10-13,19H,4-9,14-15H2,1-3H3/t19-/m1/s1. The lowest BCUT2D eigenvalue weighted by Crippen LogP contribution is -2.30. The van der Waals surface area contributed by atoms with E-state index in [2.05, 4.69) is 54.8 Å². The van der Waals surface area contributed by atoms with Crippen LogP contribution in [0.25, 0.3) is 0 Å². The SMILES string of the molecule is CCCCCC(=O)N1CCS[C@@H]1c1ccc(N(CC)CC)cc1. The summed E-state index contributed by atoms with van der Waals surface area (Å²) in [6, 6.07) is 8.79. The van der Waals surface area contributed by atoms with Gasteiger partial charge in [-0.05, 0) is 38.0 Å². The van der Waals surface area contributed by atoms with Crippen molar-refractivity contribution in [3.63, 3.8) is 0 Å². The van der Waals surface area contributed by atoms with Gasteiger partial charge in [0.2, 0.25) is 5.91 Å². The van der Waals surface area contributed by atoms with Gasteiger partial charge in [0.1, 0.15) is 5.37 Å². The highest BCUT2D eigenvalue weighted by molar-refractivity contribution is 7.99. The average Bonchev–Trinajstić information content (AvgIpc) is 3.06. The molecule has 4 heteroatoms. The highest BCUT2D eigenvalue weighted by Gasteiger charge is 2.30. The molecule has 0 bridgehead atoms. The van der Waals surface area contributed by atoms with Crippen molar-refractivity contribution in [2.75, 3.05) is 30.3 Å². The van der Waals surface area contributed by atoms with Crippen LogP contribution in [0.1, 0.15) is 57.4 Å². The average molecular weight is 335 g/mol. The topological polar surface area (TPSA) is 23.6 Å². The molecule has 3 nitrogen and oxygen atoms in total. The molecule has 1 aliphatic heterocycles. The number of benzene rings is 1. The Morgan fingerprint density at radius 3 is 2.48 bits per heavy atom. The number of amides is 1. The van der Waals surface area contributed by atoms with Crippen LogP contribution in [0.15, 0.2) is 24.3 Å². The zero-order chi connectivity index (χ0) is 16.7. The molecule has 1 heterocycles. The Bertz CT molecular complexity index is 485. The second kappa shape index (κ2) is 9.21. The molecule has 2 rings (SSSR count). The van der Waals surface area contributed by atoms with Gasteiger partial charge in [0.25, 0.3) is 0 Å². The number of carbonyl (C=O) groups excluding carboxylic acids is 1. The summed E-state index contributed by atoms with van der Waals surface area (Å²) >= 11 is 1.89. The Hall–Kier alpha value is -1.16. The molecule has 0 aromatic heterocycles. The predicted molar refractivity (Wildman–Crippen MR) is 101 cm³/mol. The Labute approximate surface area is 145 Å². The van der Waals surface area contributed by atoms with Crippen LogP contribution in [-0.2, 0) is 4.79 Å². The molecule has 1 aromatic rings. The Balaban J connectivity index is 2.03. The molecule has 1 fully saturated rings. The van der Waals surface area contributed by atoms with Crippen LogP contribution in [0.4, 0.5) is 5.69 Å². The molecule has 0 saturated carbocycles. The second-order valence-corrected chi connectivity index (χ2v) is 7.22. The van der Waals surface area contributed by atoms with Crippen LogP contribution >= 0.6 is 11.8 Å². The maximum Gasteiger partial charge on any atom is 0.223 e. The number of unbranched alkanes of at least 4 members (excludes halogenated alkanes) is 2. The number of nitrogens with zero attached hydrogens (tertiary/aromatic N) is 2. The molecule has 0 spiro atoms. The van der Waals surface area contributed by atoms with Gasteiger partial charge in [-0.15, -0.1) is 11.8 Å². The molecule has 1 amide bonds. The van der Waals surface area contributed by atoms with E-state index in [0.717, 1.165) is 44.6 Å². The van der Waals surface area contributed by atoms with Crippen molar-refractivity contribution in [1.82, 2.24) is 4.90 Å². The lowest BCUT2D eigenvalue weighted by molar-refractivity contribution is -0.131. The zero-order valence-corrected chi connectivity index (χ0v) is 15.6. The first-order valence-corrected chi connectivity index (χ1v) is 10.0. The monoisotopic (exact) mass is 334 g/mol. The van der Waals surface area contributed by atoms with E-state index < -0.39 is 0 Å². The normalized spacial score (nSPS) is 17.5. The van der Waals surface area contributed by atoms with E-state index in [1.54, 1.807) is 0 Å². The van der Waals surface area contributed by atoms with Crippen LogP contribution in [-0.4, -0.2) is 36.2 Å². The minimum atomic E-state index is 0.204. The minimum absolute atomic E-state index is 0.204. The maximum absolute atomic E-state index is 12.5. The van der Waals surface area contributed by atoms with Crippen molar-refractivity contribution in [1.29, 1.82) is 0 Å². The van der Waals surface area contributed by atoms with Gasteiger partial charge in [-0.25, -0.2) is 0 Å². The third kappa shape index (κ3) is 4.66. The number of thioether (sulfide) groups is 1.